The van der Waals surface area contributed by atoms with Gasteiger partial charge in [0.05, 0.1) is 11.2 Å². The van der Waals surface area contributed by atoms with Crippen molar-refractivity contribution in [3.8, 4) is 0 Å². The first-order valence-corrected chi connectivity index (χ1v) is 8.74. The van der Waals surface area contributed by atoms with E-state index in [1.807, 2.05) is 17.7 Å². The van der Waals surface area contributed by atoms with Gasteiger partial charge in [-0.15, -0.1) is 0 Å². The summed E-state index contributed by atoms with van der Waals surface area (Å²) in [5.74, 6) is 0.225. The molecule has 0 aromatic carbocycles. The summed E-state index contributed by atoms with van der Waals surface area (Å²) in [5, 5.41) is 1.15. The Labute approximate surface area is 139 Å². The lowest BCUT2D eigenvalue weighted by Gasteiger charge is -2.21. The van der Waals surface area contributed by atoms with Crippen LogP contribution in [-0.4, -0.2) is 22.1 Å². The first-order chi connectivity index (χ1) is 10.6. The van der Waals surface area contributed by atoms with E-state index < -0.39 is 0 Å². The fraction of sp³-hybridized carbons (Fsp3) is 0.529. The molecule has 22 heavy (non-hydrogen) atoms. The Balaban J connectivity index is 2.07. The van der Waals surface area contributed by atoms with Crippen molar-refractivity contribution < 1.29 is 9.53 Å². The minimum atomic E-state index is -0.360. The van der Waals surface area contributed by atoms with Crippen molar-refractivity contribution in [2.75, 3.05) is 6.61 Å². The topological polar surface area (TPSA) is 44.1 Å². The second-order valence-corrected chi connectivity index (χ2v) is 6.64. The zero-order valence-electron chi connectivity index (χ0n) is 13.1. The number of aryl methyl sites for hydroxylation is 1. The zero-order valence-corrected chi connectivity index (χ0v) is 14.6. The van der Waals surface area contributed by atoms with E-state index in [1.54, 1.807) is 13.0 Å². The summed E-state index contributed by atoms with van der Waals surface area (Å²) in [7, 11) is 1.99. The van der Waals surface area contributed by atoms with Crippen LogP contribution in [0.2, 0.25) is 0 Å². The highest BCUT2D eigenvalue weighted by atomic mass is 79.9. The van der Waals surface area contributed by atoms with E-state index >= 15 is 0 Å². The molecule has 5 heteroatoms. The number of hydrogen-bond acceptors (Lipinski definition) is 3. The Morgan fingerprint density at radius 3 is 2.77 bits per heavy atom. The normalized spacial score (nSPS) is 16.1. The molecule has 2 aromatic rings. The van der Waals surface area contributed by atoms with Crippen molar-refractivity contribution in [2.24, 2.45) is 7.05 Å². The van der Waals surface area contributed by atoms with Crippen LogP contribution in [0.5, 0.6) is 0 Å². The molecule has 2 heterocycles. The summed E-state index contributed by atoms with van der Waals surface area (Å²) in [6.07, 6.45) is 6.39. The van der Waals surface area contributed by atoms with E-state index in [9.17, 15) is 4.79 Å². The molecule has 4 nitrogen and oxygen atoms in total. The first kappa shape index (κ1) is 15.5. The monoisotopic (exact) mass is 364 g/mol. The van der Waals surface area contributed by atoms with Gasteiger partial charge in [-0.25, -0.2) is 9.78 Å². The minimum absolute atomic E-state index is 0.360. The molecule has 0 unspecified atom stereocenters. The van der Waals surface area contributed by atoms with E-state index in [-0.39, 0.29) is 5.97 Å². The number of halogens is 1. The molecule has 0 spiro atoms. The fourth-order valence-corrected chi connectivity index (χ4v) is 4.10. The molecule has 0 saturated heterocycles. The lowest BCUT2D eigenvalue weighted by Crippen LogP contribution is -2.07. The molecule has 0 amide bonds. The van der Waals surface area contributed by atoms with Crippen LogP contribution < -0.4 is 0 Å². The predicted octanol–water partition coefficient (Wildman–Crippen LogP) is 4.56. The molecule has 0 atom stereocenters. The van der Waals surface area contributed by atoms with Gasteiger partial charge in [0.1, 0.15) is 5.65 Å². The van der Waals surface area contributed by atoms with E-state index in [2.05, 4.69) is 20.9 Å². The van der Waals surface area contributed by atoms with Crippen molar-refractivity contribution in [2.45, 2.75) is 44.9 Å². The number of pyridine rings is 1. The van der Waals surface area contributed by atoms with Crippen molar-refractivity contribution in [3.05, 3.63) is 28.0 Å². The standard InChI is InChI=1S/C17H21BrN2O2/c1-3-22-17(21)13-10-9-12-14(11-7-5-4-6-8-11)15(18)20(2)16(12)19-13/h9-11H,3-8H2,1-2H3. The molecule has 0 N–H and O–H groups in total. The Hall–Kier alpha value is -1.36. The molecule has 0 bridgehead atoms. The highest BCUT2D eigenvalue weighted by Crippen LogP contribution is 2.41. The van der Waals surface area contributed by atoms with Crippen LogP contribution in [0.4, 0.5) is 0 Å². The van der Waals surface area contributed by atoms with E-state index in [4.69, 9.17) is 4.74 Å². The average molecular weight is 365 g/mol. The Kier molecular flexibility index (Phi) is 4.52. The van der Waals surface area contributed by atoms with Gasteiger partial charge in [-0.3, -0.25) is 0 Å². The number of nitrogens with zero attached hydrogens (tertiary/aromatic N) is 2. The second-order valence-electron chi connectivity index (χ2n) is 5.89. The summed E-state index contributed by atoms with van der Waals surface area (Å²) in [6.45, 7) is 2.17. The Morgan fingerprint density at radius 2 is 2.09 bits per heavy atom. The average Bonchev–Trinajstić information content (AvgIpc) is 2.79. The number of esters is 1. The van der Waals surface area contributed by atoms with Gasteiger partial charge in [-0.1, -0.05) is 19.3 Å². The molecular weight excluding hydrogens is 344 g/mol. The van der Waals surface area contributed by atoms with E-state index in [0.29, 0.717) is 18.2 Å². The minimum Gasteiger partial charge on any atom is -0.461 e. The number of aromatic nitrogens is 2. The van der Waals surface area contributed by atoms with E-state index in [1.165, 1.54) is 37.7 Å². The molecule has 3 rings (SSSR count). The maximum Gasteiger partial charge on any atom is 0.356 e. The molecule has 2 aromatic heterocycles. The van der Waals surface area contributed by atoms with Gasteiger partial charge in [0, 0.05) is 12.4 Å². The third kappa shape index (κ3) is 2.67. The maximum absolute atomic E-state index is 11.9. The van der Waals surface area contributed by atoms with Crippen LogP contribution in [0.3, 0.4) is 0 Å². The van der Waals surface area contributed by atoms with Crippen LogP contribution in [-0.2, 0) is 11.8 Å². The van der Waals surface area contributed by atoms with Gasteiger partial charge < -0.3 is 9.30 Å². The summed E-state index contributed by atoms with van der Waals surface area (Å²) >= 11 is 3.73. The Bertz CT molecular complexity index is 702. The van der Waals surface area contributed by atoms with Crippen LogP contribution >= 0.6 is 15.9 Å². The van der Waals surface area contributed by atoms with E-state index in [0.717, 1.165) is 15.6 Å². The number of fused-ring (bicyclic) bond motifs is 1. The highest BCUT2D eigenvalue weighted by molar-refractivity contribution is 9.10. The van der Waals surface area contributed by atoms with Crippen LogP contribution in [0, 0.1) is 0 Å². The summed E-state index contributed by atoms with van der Waals surface area (Å²) < 4.78 is 8.16. The van der Waals surface area contributed by atoms with Gasteiger partial charge in [-0.05, 0) is 59.3 Å². The molecule has 1 aliphatic rings. The van der Waals surface area contributed by atoms with Gasteiger partial charge in [0.2, 0.25) is 0 Å². The first-order valence-electron chi connectivity index (χ1n) is 7.95. The SMILES string of the molecule is CCOC(=O)c1ccc2c(C3CCCCC3)c(Br)n(C)c2n1. The number of rotatable bonds is 3. The smallest absolute Gasteiger partial charge is 0.356 e. The van der Waals surface area contributed by atoms with Crippen molar-refractivity contribution in [1.29, 1.82) is 0 Å². The van der Waals surface area contributed by atoms with Gasteiger partial charge >= 0.3 is 5.97 Å². The highest BCUT2D eigenvalue weighted by Gasteiger charge is 2.24. The fourth-order valence-electron chi connectivity index (χ4n) is 3.40. The molecule has 1 fully saturated rings. The zero-order chi connectivity index (χ0) is 15.7. The quantitative estimate of drug-likeness (QED) is 0.749. The Morgan fingerprint density at radius 1 is 1.36 bits per heavy atom. The number of carbonyl (C=O) groups is 1. The predicted molar refractivity (Wildman–Crippen MR) is 90.2 cm³/mol. The summed E-state index contributed by atoms with van der Waals surface area (Å²) in [5.41, 5.74) is 2.57. The van der Waals surface area contributed by atoms with Crippen LogP contribution in [0.1, 0.15) is 61.0 Å². The molecule has 0 radical (unpaired) electrons. The van der Waals surface area contributed by atoms with Crippen molar-refractivity contribution >= 4 is 32.9 Å². The summed E-state index contributed by atoms with van der Waals surface area (Å²) in [6, 6.07) is 3.79. The molecule has 1 aliphatic carbocycles. The molecule has 118 valence electrons. The third-order valence-electron chi connectivity index (χ3n) is 4.50. The molecule has 0 aliphatic heterocycles. The number of hydrogen-bond donors (Lipinski definition) is 0. The number of carbonyl (C=O) groups excluding carboxylic acids is 1. The maximum atomic E-state index is 11.9. The van der Waals surface area contributed by atoms with Gasteiger partial charge in [-0.2, -0.15) is 0 Å². The molecule has 1 saturated carbocycles. The second kappa shape index (κ2) is 6.41. The lowest BCUT2D eigenvalue weighted by atomic mass is 9.84. The van der Waals surface area contributed by atoms with Crippen LogP contribution in [0.15, 0.2) is 16.7 Å². The number of ether oxygens (including phenoxy) is 1. The summed E-state index contributed by atoms with van der Waals surface area (Å²) in [4.78, 5) is 16.4. The van der Waals surface area contributed by atoms with Gasteiger partial charge in [0.25, 0.3) is 0 Å². The molecular formula is C17H21BrN2O2. The lowest BCUT2D eigenvalue weighted by molar-refractivity contribution is 0.0520. The van der Waals surface area contributed by atoms with Crippen molar-refractivity contribution in [1.82, 2.24) is 9.55 Å². The third-order valence-corrected chi connectivity index (χ3v) is 5.46. The largest absolute Gasteiger partial charge is 0.461 e. The van der Waals surface area contributed by atoms with Crippen LogP contribution in [0.25, 0.3) is 11.0 Å². The van der Waals surface area contributed by atoms with Crippen molar-refractivity contribution in [3.63, 3.8) is 0 Å². The van der Waals surface area contributed by atoms with Gasteiger partial charge in [0.15, 0.2) is 5.69 Å².